The van der Waals surface area contributed by atoms with E-state index in [2.05, 4.69) is 32.6 Å². The number of hydrogen-bond acceptors (Lipinski definition) is 4. The van der Waals surface area contributed by atoms with Gasteiger partial charge < -0.3 is 4.90 Å². The molecule has 0 aromatic carbocycles. The molecule has 0 saturated carbocycles. The summed E-state index contributed by atoms with van der Waals surface area (Å²) < 4.78 is 28.2. The second-order valence-corrected chi connectivity index (χ2v) is 9.15. The second kappa shape index (κ2) is 5.58. The first-order valence-corrected chi connectivity index (χ1v) is 8.92. The summed E-state index contributed by atoms with van der Waals surface area (Å²) in [7, 11) is -1.28. The molecule has 0 spiro atoms. The third-order valence-electron chi connectivity index (χ3n) is 3.15. The summed E-state index contributed by atoms with van der Waals surface area (Å²) in [6.07, 6.45) is 1.06. The van der Waals surface area contributed by atoms with Crippen LogP contribution in [0.4, 0.5) is 0 Å². The third-order valence-corrected chi connectivity index (χ3v) is 7.18. The van der Waals surface area contributed by atoms with Crippen molar-refractivity contribution < 1.29 is 8.42 Å². The van der Waals surface area contributed by atoms with Crippen LogP contribution in [0.25, 0.3) is 0 Å². The van der Waals surface area contributed by atoms with Crippen LogP contribution in [0, 0.1) is 12.8 Å². The van der Waals surface area contributed by atoms with Gasteiger partial charge in [0.1, 0.15) is 4.21 Å². The summed E-state index contributed by atoms with van der Waals surface area (Å²) in [6, 6.07) is 1.71. The maximum absolute atomic E-state index is 12.1. The zero-order valence-corrected chi connectivity index (χ0v) is 13.7. The number of thiophene rings is 1. The highest BCUT2D eigenvalue weighted by molar-refractivity contribution is 9.11. The first-order chi connectivity index (χ1) is 8.38. The molecule has 1 unspecified atom stereocenters. The van der Waals surface area contributed by atoms with Crippen LogP contribution >= 0.6 is 27.3 Å². The Morgan fingerprint density at radius 3 is 2.83 bits per heavy atom. The molecular formula is C11H17BrN2O2S2. The standard InChI is InChI=1S/C11H17BrN2O2S2/c1-8-5-10(17-11(8)12)18(15,16)13-6-9-3-4-14(2)7-9/h5,9,13H,3-4,6-7H2,1-2H3. The molecule has 1 aliphatic rings. The average Bonchev–Trinajstić information content (AvgIpc) is 2.84. The number of nitrogens with zero attached hydrogens (tertiary/aromatic N) is 1. The molecule has 2 rings (SSSR count). The Morgan fingerprint density at radius 2 is 2.33 bits per heavy atom. The lowest BCUT2D eigenvalue weighted by atomic mass is 10.1. The Kier molecular flexibility index (Phi) is 4.48. The number of rotatable bonds is 4. The molecule has 18 heavy (non-hydrogen) atoms. The summed E-state index contributed by atoms with van der Waals surface area (Å²) in [5.41, 5.74) is 0.959. The minimum Gasteiger partial charge on any atom is -0.306 e. The van der Waals surface area contributed by atoms with Gasteiger partial charge in [0.15, 0.2) is 0 Å². The minimum absolute atomic E-state index is 0.387. The third kappa shape index (κ3) is 3.33. The average molecular weight is 353 g/mol. The van der Waals surface area contributed by atoms with Gasteiger partial charge in [0.05, 0.1) is 3.79 Å². The smallest absolute Gasteiger partial charge is 0.250 e. The molecule has 1 aliphatic heterocycles. The van der Waals surface area contributed by atoms with Crippen molar-refractivity contribution in [2.45, 2.75) is 17.6 Å². The van der Waals surface area contributed by atoms with Crippen molar-refractivity contribution in [3.63, 3.8) is 0 Å². The summed E-state index contributed by atoms with van der Waals surface area (Å²) in [4.78, 5) is 2.23. The van der Waals surface area contributed by atoms with Gasteiger partial charge in [-0.2, -0.15) is 0 Å². The van der Waals surface area contributed by atoms with E-state index in [4.69, 9.17) is 0 Å². The van der Waals surface area contributed by atoms with Crippen LogP contribution in [-0.4, -0.2) is 40.0 Å². The number of hydrogen-bond donors (Lipinski definition) is 1. The molecule has 2 heterocycles. The van der Waals surface area contributed by atoms with Gasteiger partial charge in [-0.05, 0) is 60.4 Å². The lowest BCUT2D eigenvalue weighted by Gasteiger charge is -2.11. The molecule has 1 atom stereocenters. The Morgan fingerprint density at radius 1 is 1.61 bits per heavy atom. The van der Waals surface area contributed by atoms with Crippen molar-refractivity contribution in [3.05, 3.63) is 15.4 Å². The minimum atomic E-state index is -3.35. The molecular weight excluding hydrogens is 336 g/mol. The predicted molar refractivity (Wildman–Crippen MR) is 77.5 cm³/mol. The SMILES string of the molecule is Cc1cc(S(=O)(=O)NCC2CCN(C)C2)sc1Br. The highest BCUT2D eigenvalue weighted by Crippen LogP contribution is 2.30. The monoisotopic (exact) mass is 352 g/mol. The number of likely N-dealkylation sites (tertiary alicyclic amines) is 1. The molecule has 1 aromatic rings. The van der Waals surface area contributed by atoms with Crippen molar-refractivity contribution >= 4 is 37.3 Å². The molecule has 1 saturated heterocycles. The van der Waals surface area contributed by atoms with E-state index in [1.807, 2.05) is 6.92 Å². The largest absolute Gasteiger partial charge is 0.306 e. The lowest BCUT2D eigenvalue weighted by molar-refractivity contribution is 0.394. The fourth-order valence-corrected chi connectivity index (χ4v) is 5.44. The van der Waals surface area contributed by atoms with E-state index in [1.165, 1.54) is 11.3 Å². The molecule has 7 heteroatoms. The molecule has 1 N–H and O–H groups in total. The van der Waals surface area contributed by atoms with Crippen LogP contribution in [0.3, 0.4) is 0 Å². The highest BCUT2D eigenvalue weighted by atomic mass is 79.9. The van der Waals surface area contributed by atoms with E-state index in [-0.39, 0.29) is 0 Å². The van der Waals surface area contributed by atoms with Gasteiger partial charge >= 0.3 is 0 Å². The summed E-state index contributed by atoms with van der Waals surface area (Å²) in [5.74, 6) is 0.425. The highest BCUT2D eigenvalue weighted by Gasteiger charge is 2.23. The molecule has 0 radical (unpaired) electrons. The van der Waals surface area contributed by atoms with Crippen LogP contribution in [0.1, 0.15) is 12.0 Å². The van der Waals surface area contributed by atoms with Crippen molar-refractivity contribution in [3.8, 4) is 0 Å². The summed E-state index contributed by atoms with van der Waals surface area (Å²) in [6.45, 7) is 4.44. The Hall–Kier alpha value is 0.0500. The second-order valence-electron chi connectivity index (χ2n) is 4.79. The van der Waals surface area contributed by atoms with Crippen LogP contribution in [-0.2, 0) is 10.0 Å². The van der Waals surface area contributed by atoms with Gasteiger partial charge in [-0.25, -0.2) is 13.1 Å². The Labute approximate surface area is 121 Å². The van der Waals surface area contributed by atoms with Crippen molar-refractivity contribution in [2.24, 2.45) is 5.92 Å². The molecule has 0 aliphatic carbocycles. The lowest BCUT2D eigenvalue weighted by Crippen LogP contribution is -2.30. The molecule has 1 aromatic heterocycles. The van der Waals surface area contributed by atoms with E-state index in [0.717, 1.165) is 28.9 Å². The number of aryl methyl sites for hydroxylation is 1. The number of halogens is 1. The van der Waals surface area contributed by atoms with Gasteiger partial charge in [0.2, 0.25) is 10.0 Å². The molecule has 1 fully saturated rings. The molecule has 4 nitrogen and oxygen atoms in total. The maximum Gasteiger partial charge on any atom is 0.250 e. The van der Waals surface area contributed by atoms with E-state index in [0.29, 0.717) is 16.7 Å². The Bertz CT molecular complexity index is 508. The first kappa shape index (κ1) is 14.5. The quantitative estimate of drug-likeness (QED) is 0.901. The van der Waals surface area contributed by atoms with Crippen LogP contribution < -0.4 is 4.72 Å². The van der Waals surface area contributed by atoms with Crippen molar-refractivity contribution in [1.82, 2.24) is 9.62 Å². The van der Waals surface area contributed by atoms with E-state index in [1.54, 1.807) is 6.07 Å². The van der Waals surface area contributed by atoms with Gasteiger partial charge in [-0.15, -0.1) is 11.3 Å². The maximum atomic E-state index is 12.1. The van der Waals surface area contributed by atoms with Gasteiger partial charge in [-0.3, -0.25) is 0 Å². The van der Waals surface area contributed by atoms with Crippen molar-refractivity contribution in [1.29, 1.82) is 0 Å². The summed E-state index contributed by atoms with van der Waals surface area (Å²) >= 11 is 4.61. The van der Waals surface area contributed by atoms with Crippen LogP contribution in [0.5, 0.6) is 0 Å². The number of nitrogens with one attached hydrogen (secondary N) is 1. The zero-order valence-electron chi connectivity index (χ0n) is 10.4. The fraction of sp³-hybridized carbons (Fsp3) is 0.636. The fourth-order valence-electron chi connectivity index (χ4n) is 2.06. The normalized spacial score (nSPS) is 21.6. The van der Waals surface area contributed by atoms with Gasteiger partial charge in [0.25, 0.3) is 0 Å². The first-order valence-electron chi connectivity index (χ1n) is 5.82. The molecule has 0 amide bonds. The predicted octanol–water partition coefficient (Wildman–Crippen LogP) is 2.05. The number of sulfonamides is 1. The van der Waals surface area contributed by atoms with Gasteiger partial charge in [0, 0.05) is 13.1 Å². The van der Waals surface area contributed by atoms with Crippen LogP contribution in [0.15, 0.2) is 14.1 Å². The summed E-state index contributed by atoms with van der Waals surface area (Å²) in [5, 5.41) is 0. The molecule has 102 valence electrons. The van der Waals surface area contributed by atoms with E-state index < -0.39 is 10.0 Å². The van der Waals surface area contributed by atoms with E-state index in [9.17, 15) is 8.42 Å². The van der Waals surface area contributed by atoms with E-state index >= 15 is 0 Å². The van der Waals surface area contributed by atoms with Gasteiger partial charge in [-0.1, -0.05) is 0 Å². The van der Waals surface area contributed by atoms with Crippen LogP contribution in [0.2, 0.25) is 0 Å². The Balaban J connectivity index is 1.99. The zero-order chi connectivity index (χ0) is 13.3. The molecule has 0 bridgehead atoms. The van der Waals surface area contributed by atoms with Crippen molar-refractivity contribution in [2.75, 3.05) is 26.7 Å². The topological polar surface area (TPSA) is 49.4 Å².